The van der Waals surface area contributed by atoms with Gasteiger partial charge in [-0.2, -0.15) is 0 Å². The van der Waals surface area contributed by atoms with Gasteiger partial charge in [-0.15, -0.1) is 0 Å². The SMILES string of the molecule is C1=C[C@H](c2ccccc2)O[Si](c2ccccc2)(c2ccccc2)O[C@H]1c1ccccc1. The Labute approximate surface area is 184 Å². The van der Waals surface area contributed by atoms with Crippen LogP contribution in [0.3, 0.4) is 0 Å². The van der Waals surface area contributed by atoms with Gasteiger partial charge in [-0.05, 0) is 21.5 Å². The Morgan fingerprint density at radius 3 is 1.10 bits per heavy atom. The van der Waals surface area contributed by atoms with Crippen molar-refractivity contribution in [3.05, 3.63) is 145 Å². The maximum atomic E-state index is 7.04. The van der Waals surface area contributed by atoms with Gasteiger partial charge in [0.25, 0.3) is 0 Å². The molecule has 0 aromatic heterocycles. The molecular formula is C28H24O2Si. The van der Waals surface area contributed by atoms with Crippen LogP contribution in [-0.2, 0) is 8.85 Å². The Bertz CT molecular complexity index is 1040. The quantitative estimate of drug-likeness (QED) is 0.328. The zero-order valence-electron chi connectivity index (χ0n) is 17.2. The maximum absolute atomic E-state index is 7.04. The molecule has 0 saturated carbocycles. The molecule has 5 rings (SSSR count). The Hall–Kier alpha value is -3.24. The van der Waals surface area contributed by atoms with E-state index in [0.29, 0.717) is 0 Å². The fraction of sp³-hybridized carbons (Fsp3) is 0.0714. The summed E-state index contributed by atoms with van der Waals surface area (Å²) in [7, 11) is -3.04. The van der Waals surface area contributed by atoms with E-state index < -0.39 is 8.56 Å². The molecule has 3 heteroatoms. The molecular weight excluding hydrogens is 396 g/mol. The zero-order valence-corrected chi connectivity index (χ0v) is 18.2. The van der Waals surface area contributed by atoms with Crippen LogP contribution in [0.2, 0.25) is 0 Å². The average Bonchev–Trinajstić information content (AvgIpc) is 3.08. The number of benzene rings is 4. The standard InChI is InChI=1S/C28H24O2Si/c1-5-13-23(14-6-1)27-21-22-28(24-15-7-2-8-16-24)30-31(29-27,25-17-9-3-10-18-25)26-19-11-4-12-20-26/h1-22,27-28H/t27-,28-/m1/s1. The van der Waals surface area contributed by atoms with E-state index >= 15 is 0 Å². The van der Waals surface area contributed by atoms with Gasteiger partial charge in [0.15, 0.2) is 0 Å². The van der Waals surface area contributed by atoms with Crippen LogP contribution in [0, 0.1) is 0 Å². The zero-order chi connectivity index (χ0) is 20.9. The van der Waals surface area contributed by atoms with Crippen LogP contribution in [0.25, 0.3) is 0 Å². The fourth-order valence-corrected chi connectivity index (χ4v) is 7.40. The normalized spacial score (nSPS) is 20.1. The smallest absolute Gasteiger partial charge is 0.377 e. The summed E-state index contributed by atoms with van der Waals surface area (Å²) < 4.78 is 14.1. The molecule has 31 heavy (non-hydrogen) atoms. The molecule has 0 saturated heterocycles. The van der Waals surface area contributed by atoms with E-state index in [1.165, 1.54) is 0 Å². The molecule has 1 heterocycles. The van der Waals surface area contributed by atoms with Crippen LogP contribution < -0.4 is 10.4 Å². The summed E-state index contributed by atoms with van der Waals surface area (Å²) in [6, 6.07) is 41.6. The monoisotopic (exact) mass is 420 g/mol. The van der Waals surface area contributed by atoms with Gasteiger partial charge in [0.2, 0.25) is 0 Å². The molecule has 1 aliphatic rings. The molecule has 0 amide bonds. The highest BCUT2D eigenvalue weighted by Crippen LogP contribution is 2.34. The second-order valence-electron chi connectivity index (χ2n) is 7.63. The Balaban J connectivity index is 1.70. The lowest BCUT2D eigenvalue weighted by Gasteiger charge is -2.35. The van der Waals surface area contributed by atoms with Crippen molar-refractivity contribution in [2.45, 2.75) is 12.2 Å². The molecule has 0 unspecified atom stereocenters. The number of hydrogen-bond acceptors (Lipinski definition) is 2. The van der Waals surface area contributed by atoms with Crippen LogP contribution >= 0.6 is 0 Å². The van der Waals surface area contributed by atoms with Crippen molar-refractivity contribution in [1.82, 2.24) is 0 Å². The van der Waals surface area contributed by atoms with Gasteiger partial charge in [-0.1, -0.05) is 133 Å². The summed E-state index contributed by atoms with van der Waals surface area (Å²) in [4.78, 5) is 0. The fourth-order valence-electron chi connectivity index (χ4n) is 4.06. The highest BCUT2D eigenvalue weighted by atomic mass is 28.4. The van der Waals surface area contributed by atoms with E-state index in [2.05, 4.69) is 109 Å². The minimum absolute atomic E-state index is 0.193. The van der Waals surface area contributed by atoms with Crippen LogP contribution in [0.1, 0.15) is 23.3 Å². The maximum Gasteiger partial charge on any atom is 0.408 e. The van der Waals surface area contributed by atoms with E-state index in [0.717, 1.165) is 21.5 Å². The Morgan fingerprint density at radius 1 is 0.419 bits per heavy atom. The van der Waals surface area contributed by atoms with Crippen molar-refractivity contribution in [2.75, 3.05) is 0 Å². The third-order valence-corrected chi connectivity index (χ3v) is 8.97. The topological polar surface area (TPSA) is 18.5 Å². The van der Waals surface area contributed by atoms with Crippen LogP contribution in [-0.4, -0.2) is 8.56 Å². The van der Waals surface area contributed by atoms with Crippen molar-refractivity contribution in [1.29, 1.82) is 0 Å². The molecule has 0 fully saturated rings. The Morgan fingerprint density at radius 2 is 0.742 bits per heavy atom. The van der Waals surface area contributed by atoms with E-state index in [4.69, 9.17) is 8.85 Å². The van der Waals surface area contributed by atoms with Crippen molar-refractivity contribution in [3.63, 3.8) is 0 Å². The second-order valence-corrected chi connectivity index (χ2v) is 10.5. The van der Waals surface area contributed by atoms with Gasteiger partial charge in [-0.3, -0.25) is 0 Å². The molecule has 4 aromatic rings. The van der Waals surface area contributed by atoms with Crippen LogP contribution in [0.15, 0.2) is 133 Å². The highest BCUT2D eigenvalue weighted by molar-refractivity contribution is 6.92. The molecule has 152 valence electrons. The minimum Gasteiger partial charge on any atom is -0.377 e. The molecule has 2 atom stereocenters. The molecule has 2 nitrogen and oxygen atoms in total. The summed E-state index contributed by atoms with van der Waals surface area (Å²) >= 11 is 0. The highest BCUT2D eigenvalue weighted by Gasteiger charge is 2.47. The van der Waals surface area contributed by atoms with Gasteiger partial charge in [0, 0.05) is 0 Å². The van der Waals surface area contributed by atoms with Gasteiger partial charge >= 0.3 is 8.56 Å². The van der Waals surface area contributed by atoms with E-state index in [1.54, 1.807) is 0 Å². The summed E-state index contributed by atoms with van der Waals surface area (Å²) in [6.45, 7) is 0. The average molecular weight is 421 g/mol. The lowest BCUT2D eigenvalue weighted by Crippen LogP contribution is -2.63. The van der Waals surface area contributed by atoms with Gasteiger partial charge in [-0.25, -0.2) is 0 Å². The molecule has 1 aliphatic heterocycles. The summed E-state index contributed by atoms with van der Waals surface area (Å²) in [5.74, 6) is 0. The first-order valence-electron chi connectivity index (χ1n) is 10.6. The van der Waals surface area contributed by atoms with E-state index in [1.807, 2.05) is 24.3 Å². The van der Waals surface area contributed by atoms with Crippen LogP contribution in [0.5, 0.6) is 0 Å². The number of hydrogen-bond donors (Lipinski definition) is 0. The first-order valence-corrected chi connectivity index (χ1v) is 12.4. The van der Waals surface area contributed by atoms with Gasteiger partial charge in [0.1, 0.15) is 0 Å². The summed E-state index contributed by atoms with van der Waals surface area (Å²) in [5, 5.41) is 2.21. The number of rotatable bonds is 4. The first-order chi connectivity index (χ1) is 15.4. The van der Waals surface area contributed by atoms with Gasteiger partial charge < -0.3 is 8.85 Å². The molecule has 0 N–H and O–H groups in total. The van der Waals surface area contributed by atoms with Crippen molar-refractivity contribution in [2.24, 2.45) is 0 Å². The van der Waals surface area contributed by atoms with Crippen molar-refractivity contribution in [3.8, 4) is 0 Å². The molecule has 0 bridgehead atoms. The van der Waals surface area contributed by atoms with Crippen molar-refractivity contribution >= 4 is 18.9 Å². The first kappa shape index (κ1) is 19.7. The third kappa shape index (κ3) is 4.03. The third-order valence-electron chi connectivity index (χ3n) is 5.61. The summed E-state index contributed by atoms with van der Waals surface area (Å²) in [6.07, 6.45) is 3.91. The van der Waals surface area contributed by atoms with E-state index in [-0.39, 0.29) is 12.2 Å². The summed E-state index contributed by atoms with van der Waals surface area (Å²) in [5.41, 5.74) is 2.25. The molecule has 4 aromatic carbocycles. The molecule has 0 aliphatic carbocycles. The molecule has 0 spiro atoms. The van der Waals surface area contributed by atoms with Crippen LogP contribution in [0.4, 0.5) is 0 Å². The van der Waals surface area contributed by atoms with E-state index in [9.17, 15) is 0 Å². The van der Waals surface area contributed by atoms with Gasteiger partial charge in [0.05, 0.1) is 12.2 Å². The Kier molecular flexibility index (Phi) is 5.63. The second kappa shape index (κ2) is 8.86. The minimum atomic E-state index is -3.04. The predicted octanol–water partition coefficient (Wildman–Crippen LogP) is 5.33. The molecule has 0 radical (unpaired) electrons. The predicted molar refractivity (Wildman–Crippen MR) is 128 cm³/mol. The van der Waals surface area contributed by atoms with Crippen molar-refractivity contribution < 1.29 is 8.85 Å². The lowest BCUT2D eigenvalue weighted by molar-refractivity contribution is 0.147. The largest absolute Gasteiger partial charge is 0.408 e. The lowest BCUT2D eigenvalue weighted by atomic mass is 10.1.